The molecule has 0 saturated heterocycles. The molecule has 7 heteroatoms. The normalized spacial score (nSPS) is 10.6. The summed E-state index contributed by atoms with van der Waals surface area (Å²) in [5.41, 5.74) is 4.73. The lowest BCUT2D eigenvalue weighted by Gasteiger charge is -2.15. The second kappa shape index (κ2) is 12.6. The number of aryl methyl sites for hydroxylation is 2. The molecule has 214 valence electrons. The molecule has 0 atom stereocenters. The molecule has 4 aromatic carbocycles. The summed E-state index contributed by atoms with van der Waals surface area (Å²) in [6, 6.07) is 19.3. The second-order valence-corrected chi connectivity index (χ2v) is 10.0. The summed E-state index contributed by atoms with van der Waals surface area (Å²) in [6.45, 7) is 14.0. The molecule has 0 spiro atoms. The second-order valence-electron chi connectivity index (χ2n) is 10.0. The number of ether oxygens (including phenoxy) is 3. The van der Waals surface area contributed by atoms with Crippen molar-refractivity contribution in [2.24, 2.45) is 0 Å². The molecular weight excluding hydrogens is 538 g/mol. The molecule has 4 aromatic rings. The third-order valence-electron chi connectivity index (χ3n) is 6.41. The average Bonchev–Trinajstić information content (AvgIpc) is 2.93. The molecule has 0 radical (unpaired) electrons. The predicted molar refractivity (Wildman–Crippen MR) is 158 cm³/mol. The monoisotopic (exact) mass is 568 g/mol. The molecule has 0 fully saturated rings. The van der Waals surface area contributed by atoms with Crippen LogP contribution in [0, 0.1) is 25.5 Å². The van der Waals surface area contributed by atoms with Gasteiger partial charge in [0.2, 0.25) is 0 Å². The third-order valence-corrected chi connectivity index (χ3v) is 6.41. The first-order valence-corrected chi connectivity index (χ1v) is 13.1. The molecule has 0 aliphatic heterocycles. The van der Waals surface area contributed by atoms with Crippen LogP contribution < -0.4 is 14.2 Å². The van der Waals surface area contributed by atoms with Gasteiger partial charge in [-0.15, -0.1) is 0 Å². The molecule has 0 aliphatic rings. The van der Waals surface area contributed by atoms with Gasteiger partial charge < -0.3 is 14.2 Å². The summed E-state index contributed by atoms with van der Waals surface area (Å²) in [7, 11) is 0. The first-order chi connectivity index (χ1) is 19.9. The van der Waals surface area contributed by atoms with Crippen LogP contribution in [-0.4, -0.2) is 11.9 Å². The van der Waals surface area contributed by atoms with Crippen molar-refractivity contribution in [3.63, 3.8) is 0 Å². The highest BCUT2D eigenvalue weighted by molar-refractivity contribution is 5.89. The number of hydrogen-bond acceptors (Lipinski definition) is 5. The Labute approximate surface area is 243 Å². The Bertz CT molecular complexity index is 1680. The Morgan fingerprint density at radius 2 is 1.17 bits per heavy atom. The van der Waals surface area contributed by atoms with Gasteiger partial charge in [0.05, 0.1) is 0 Å². The number of carbonyl (C=O) groups is 2. The van der Waals surface area contributed by atoms with E-state index in [0.29, 0.717) is 39.3 Å². The van der Waals surface area contributed by atoms with Crippen LogP contribution in [0.25, 0.3) is 22.3 Å². The first-order valence-electron chi connectivity index (χ1n) is 13.1. The summed E-state index contributed by atoms with van der Waals surface area (Å²) in [5.74, 6) is -1.04. The molecular formula is C35H30F2O5. The largest absolute Gasteiger partial charge is 0.488 e. The molecule has 0 saturated carbocycles. The summed E-state index contributed by atoms with van der Waals surface area (Å²) < 4.78 is 46.3. The Balaban J connectivity index is 1.46. The van der Waals surface area contributed by atoms with Gasteiger partial charge in [-0.3, -0.25) is 0 Å². The molecule has 0 aliphatic carbocycles. The van der Waals surface area contributed by atoms with Gasteiger partial charge in [-0.25, -0.2) is 18.4 Å². The van der Waals surface area contributed by atoms with Crippen LogP contribution in [0.4, 0.5) is 8.78 Å². The van der Waals surface area contributed by atoms with Crippen molar-refractivity contribution in [3.8, 4) is 39.5 Å². The predicted octanol–water partition coefficient (Wildman–Crippen LogP) is 8.46. The van der Waals surface area contributed by atoms with Gasteiger partial charge in [-0.2, -0.15) is 0 Å². The minimum atomic E-state index is -0.623. The van der Waals surface area contributed by atoms with Gasteiger partial charge in [0.25, 0.3) is 0 Å². The van der Waals surface area contributed by atoms with E-state index < -0.39 is 23.6 Å². The van der Waals surface area contributed by atoms with Crippen molar-refractivity contribution >= 4 is 11.9 Å². The van der Waals surface area contributed by atoms with Crippen LogP contribution in [0.1, 0.15) is 30.5 Å². The van der Waals surface area contributed by atoms with E-state index >= 15 is 4.39 Å². The fourth-order valence-electron chi connectivity index (χ4n) is 4.26. The van der Waals surface area contributed by atoms with Crippen LogP contribution in [0.15, 0.2) is 97.1 Å². The minimum Gasteiger partial charge on any atom is -0.488 e. The Hall–Kier alpha value is -5.04. The fraction of sp³-hybridized carbons (Fsp3) is 0.143. The van der Waals surface area contributed by atoms with Crippen LogP contribution >= 0.6 is 0 Å². The quantitative estimate of drug-likeness (QED) is 0.115. The van der Waals surface area contributed by atoms with Crippen LogP contribution in [0.2, 0.25) is 0 Å². The summed E-state index contributed by atoms with van der Waals surface area (Å²) in [4.78, 5) is 23.4. The Morgan fingerprint density at radius 1 is 0.667 bits per heavy atom. The van der Waals surface area contributed by atoms with E-state index in [1.165, 1.54) is 19.1 Å². The minimum absolute atomic E-state index is 0.0945. The van der Waals surface area contributed by atoms with E-state index in [2.05, 4.69) is 13.2 Å². The zero-order chi connectivity index (χ0) is 30.6. The Kier molecular flexibility index (Phi) is 9.01. The van der Waals surface area contributed by atoms with E-state index in [9.17, 15) is 14.0 Å². The van der Waals surface area contributed by atoms with Gasteiger partial charge in [-0.05, 0) is 98.0 Å². The highest BCUT2D eigenvalue weighted by Crippen LogP contribution is 2.34. The summed E-state index contributed by atoms with van der Waals surface area (Å²) >= 11 is 0. The summed E-state index contributed by atoms with van der Waals surface area (Å²) in [5, 5.41) is 0. The average molecular weight is 569 g/mol. The molecule has 42 heavy (non-hydrogen) atoms. The molecule has 0 bridgehead atoms. The first kappa shape index (κ1) is 29.9. The van der Waals surface area contributed by atoms with Crippen molar-refractivity contribution in [1.29, 1.82) is 0 Å². The molecule has 0 aromatic heterocycles. The molecule has 0 N–H and O–H groups in total. The van der Waals surface area contributed by atoms with Crippen LogP contribution in [-0.2, 0) is 16.2 Å². The topological polar surface area (TPSA) is 61.8 Å². The molecule has 5 nitrogen and oxygen atoms in total. The molecule has 4 rings (SSSR count). The van der Waals surface area contributed by atoms with Crippen LogP contribution in [0.3, 0.4) is 0 Å². The fourth-order valence-corrected chi connectivity index (χ4v) is 4.26. The Morgan fingerprint density at radius 3 is 1.71 bits per heavy atom. The maximum atomic E-state index is 15.0. The van der Waals surface area contributed by atoms with Gasteiger partial charge in [-0.1, -0.05) is 37.4 Å². The number of rotatable bonds is 9. The molecule has 0 heterocycles. The van der Waals surface area contributed by atoms with E-state index in [-0.39, 0.29) is 23.5 Å². The SMILES string of the molecule is C=C(C)C(=O)Oc1ccc(-c2ccc(COc3c(C)cc(-c4ccc(OC(=O)C(=C)C)cc4F)cc3C)cc2F)cc1. The van der Waals surface area contributed by atoms with Gasteiger partial charge in [0.1, 0.15) is 35.5 Å². The van der Waals surface area contributed by atoms with E-state index in [1.807, 2.05) is 13.8 Å². The number of esters is 2. The highest BCUT2D eigenvalue weighted by atomic mass is 19.1. The van der Waals surface area contributed by atoms with Gasteiger partial charge in [0.15, 0.2) is 0 Å². The lowest BCUT2D eigenvalue weighted by Crippen LogP contribution is -2.08. The third kappa shape index (κ3) is 6.99. The lowest BCUT2D eigenvalue weighted by atomic mass is 9.99. The zero-order valence-electron chi connectivity index (χ0n) is 23.8. The van der Waals surface area contributed by atoms with E-state index in [4.69, 9.17) is 14.2 Å². The number of carbonyl (C=O) groups excluding carboxylic acids is 2. The summed E-state index contributed by atoms with van der Waals surface area (Å²) in [6.07, 6.45) is 0. The maximum Gasteiger partial charge on any atom is 0.338 e. The number of halogens is 2. The van der Waals surface area contributed by atoms with Crippen LogP contribution in [0.5, 0.6) is 17.2 Å². The van der Waals surface area contributed by atoms with Gasteiger partial charge >= 0.3 is 11.9 Å². The number of hydrogen-bond donors (Lipinski definition) is 0. The lowest BCUT2D eigenvalue weighted by molar-refractivity contribution is -0.130. The smallest absolute Gasteiger partial charge is 0.338 e. The highest BCUT2D eigenvalue weighted by Gasteiger charge is 2.15. The van der Waals surface area contributed by atoms with Crippen molar-refractivity contribution in [2.75, 3.05) is 0 Å². The molecule has 0 amide bonds. The number of benzene rings is 4. The van der Waals surface area contributed by atoms with Gasteiger partial charge in [0, 0.05) is 28.3 Å². The standard InChI is InChI=1S/C35H30F2O5/c1-20(2)34(38)41-27-10-8-25(9-11-27)29-13-7-24(17-31(29)36)19-40-33-22(5)15-26(16-23(33)6)30-14-12-28(18-32(30)37)42-35(39)21(3)4/h7-18H,1,3,19H2,2,4-6H3. The van der Waals surface area contributed by atoms with Crippen molar-refractivity contribution in [1.82, 2.24) is 0 Å². The van der Waals surface area contributed by atoms with Crippen molar-refractivity contribution in [2.45, 2.75) is 34.3 Å². The van der Waals surface area contributed by atoms with E-state index in [0.717, 1.165) is 17.2 Å². The van der Waals surface area contributed by atoms with E-state index in [1.54, 1.807) is 61.5 Å². The maximum absolute atomic E-state index is 15.0. The zero-order valence-corrected chi connectivity index (χ0v) is 23.8. The van der Waals surface area contributed by atoms with Crippen molar-refractivity contribution < 1.29 is 32.6 Å². The molecule has 0 unspecified atom stereocenters. The van der Waals surface area contributed by atoms with Crippen molar-refractivity contribution in [3.05, 3.63) is 125 Å².